The first-order valence-corrected chi connectivity index (χ1v) is 7.70. The summed E-state index contributed by atoms with van der Waals surface area (Å²) in [6.45, 7) is 6.89. The second-order valence-corrected chi connectivity index (χ2v) is 5.98. The lowest BCUT2D eigenvalue weighted by molar-refractivity contribution is 0.0691. The van der Waals surface area contributed by atoms with Crippen LogP contribution < -0.4 is 5.32 Å². The number of rotatable bonds is 4. The lowest BCUT2D eigenvalue weighted by Crippen LogP contribution is -2.42. The van der Waals surface area contributed by atoms with E-state index in [9.17, 15) is 4.79 Å². The molecule has 0 radical (unpaired) electrons. The van der Waals surface area contributed by atoms with Gasteiger partial charge in [0.2, 0.25) is 0 Å². The van der Waals surface area contributed by atoms with E-state index in [1.54, 1.807) is 0 Å². The van der Waals surface area contributed by atoms with E-state index in [0.717, 1.165) is 48.1 Å². The highest BCUT2D eigenvalue weighted by Gasteiger charge is 2.27. The minimum Gasteiger partial charge on any atom is -0.334 e. The highest BCUT2D eigenvalue weighted by molar-refractivity contribution is 9.10. The topological polar surface area (TPSA) is 32.3 Å². The zero-order chi connectivity index (χ0) is 13.8. The van der Waals surface area contributed by atoms with Gasteiger partial charge in [-0.15, -0.1) is 0 Å². The zero-order valence-electron chi connectivity index (χ0n) is 11.6. The van der Waals surface area contributed by atoms with Crippen LogP contribution in [0.1, 0.15) is 35.7 Å². The van der Waals surface area contributed by atoms with Crippen LogP contribution in [-0.2, 0) is 0 Å². The Morgan fingerprint density at radius 1 is 1.53 bits per heavy atom. The first-order valence-electron chi connectivity index (χ1n) is 6.91. The maximum absolute atomic E-state index is 12.7. The molecule has 3 nitrogen and oxygen atoms in total. The van der Waals surface area contributed by atoms with Gasteiger partial charge in [0.1, 0.15) is 0 Å². The van der Waals surface area contributed by atoms with Gasteiger partial charge in [-0.25, -0.2) is 0 Å². The van der Waals surface area contributed by atoms with Crippen LogP contribution in [-0.4, -0.2) is 36.5 Å². The molecule has 1 heterocycles. The van der Waals surface area contributed by atoms with E-state index >= 15 is 0 Å². The molecule has 0 spiro atoms. The van der Waals surface area contributed by atoms with Crippen molar-refractivity contribution in [3.8, 4) is 0 Å². The molecular formula is C15H21BrN2O. The Balaban J connectivity index is 2.22. The quantitative estimate of drug-likeness (QED) is 0.923. The Morgan fingerprint density at radius 3 is 2.89 bits per heavy atom. The molecule has 1 amide bonds. The second-order valence-electron chi connectivity index (χ2n) is 5.13. The fourth-order valence-corrected chi connectivity index (χ4v) is 3.21. The van der Waals surface area contributed by atoms with Crippen LogP contribution in [0.5, 0.6) is 0 Å². The molecule has 1 aromatic rings. The van der Waals surface area contributed by atoms with Gasteiger partial charge in [0, 0.05) is 23.6 Å². The number of hydrogen-bond donors (Lipinski definition) is 1. The fourth-order valence-electron chi connectivity index (χ4n) is 2.54. The van der Waals surface area contributed by atoms with Crippen LogP contribution in [0.25, 0.3) is 0 Å². The molecule has 1 atom stereocenters. The predicted molar refractivity (Wildman–Crippen MR) is 81.5 cm³/mol. The fraction of sp³-hybridized carbons (Fsp3) is 0.533. The molecule has 4 heteroatoms. The van der Waals surface area contributed by atoms with E-state index in [1.807, 2.05) is 30.0 Å². The molecule has 0 bridgehead atoms. The minimum absolute atomic E-state index is 0.141. The molecule has 19 heavy (non-hydrogen) atoms. The average molecular weight is 325 g/mol. The standard InChI is InChI=1S/C15H21BrN2O/c1-3-8-18(12-6-7-17-10-12)15(19)13-5-4-11(2)9-14(13)16/h4-5,9,12,17H,3,6-8,10H2,1-2H3. The van der Waals surface area contributed by atoms with Crippen LogP contribution >= 0.6 is 15.9 Å². The lowest BCUT2D eigenvalue weighted by Gasteiger charge is -2.28. The summed E-state index contributed by atoms with van der Waals surface area (Å²) >= 11 is 3.51. The van der Waals surface area contributed by atoms with E-state index < -0.39 is 0 Å². The number of amides is 1. The van der Waals surface area contributed by atoms with Crippen LogP contribution in [0, 0.1) is 6.92 Å². The third kappa shape index (κ3) is 3.37. The smallest absolute Gasteiger partial charge is 0.255 e. The van der Waals surface area contributed by atoms with Crippen molar-refractivity contribution in [2.24, 2.45) is 0 Å². The van der Waals surface area contributed by atoms with Gasteiger partial charge in [0.25, 0.3) is 5.91 Å². The van der Waals surface area contributed by atoms with Crippen LogP contribution in [0.15, 0.2) is 22.7 Å². The summed E-state index contributed by atoms with van der Waals surface area (Å²) in [6, 6.07) is 6.26. The van der Waals surface area contributed by atoms with Crippen LogP contribution in [0.4, 0.5) is 0 Å². The summed E-state index contributed by atoms with van der Waals surface area (Å²) in [6.07, 6.45) is 2.04. The monoisotopic (exact) mass is 324 g/mol. The Kier molecular flexibility index (Phi) is 4.99. The maximum Gasteiger partial charge on any atom is 0.255 e. The van der Waals surface area contributed by atoms with Crippen molar-refractivity contribution >= 4 is 21.8 Å². The number of halogens is 1. The van der Waals surface area contributed by atoms with Crippen molar-refractivity contribution < 1.29 is 4.79 Å². The van der Waals surface area contributed by atoms with Crippen molar-refractivity contribution in [1.82, 2.24) is 10.2 Å². The van der Waals surface area contributed by atoms with Gasteiger partial charge in [0.15, 0.2) is 0 Å². The third-order valence-corrected chi connectivity index (χ3v) is 4.21. The van der Waals surface area contributed by atoms with E-state index in [0.29, 0.717) is 6.04 Å². The first kappa shape index (κ1) is 14.5. The minimum atomic E-state index is 0.141. The summed E-state index contributed by atoms with van der Waals surface area (Å²) in [7, 11) is 0. The summed E-state index contributed by atoms with van der Waals surface area (Å²) in [5.41, 5.74) is 1.93. The summed E-state index contributed by atoms with van der Waals surface area (Å²) in [5.74, 6) is 0.141. The Bertz CT molecular complexity index is 455. The number of aryl methyl sites for hydroxylation is 1. The summed E-state index contributed by atoms with van der Waals surface area (Å²) < 4.78 is 0.893. The van der Waals surface area contributed by atoms with Gasteiger partial charge < -0.3 is 10.2 Å². The van der Waals surface area contributed by atoms with Gasteiger partial charge in [-0.1, -0.05) is 13.0 Å². The molecule has 1 aliphatic heterocycles. The Morgan fingerprint density at radius 2 is 2.32 bits per heavy atom. The second kappa shape index (κ2) is 6.53. The predicted octanol–water partition coefficient (Wildman–Crippen LogP) is 2.97. The molecule has 1 N–H and O–H groups in total. The zero-order valence-corrected chi connectivity index (χ0v) is 13.2. The van der Waals surface area contributed by atoms with Crippen molar-refractivity contribution in [1.29, 1.82) is 0 Å². The summed E-state index contributed by atoms with van der Waals surface area (Å²) in [4.78, 5) is 14.7. The molecule has 0 aliphatic carbocycles. The molecule has 0 aromatic heterocycles. The number of carbonyl (C=O) groups is 1. The van der Waals surface area contributed by atoms with E-state index in [2.05, 4.69) is 28.2 Å². The molecule has 104 valence electrons. The van der Waals surface area contributed by atoms with Crippen molar-refractivity contribution in [2.75, 3.05) is 19.6 Å². The molecule has 1 fully saturated rings. The largest absolute Gasteiger partial charge is 0.334 e. The Hall–Kier alpha value is -0.870. The summed E-state index contributed by atoms with van der Waals surface area (Å²) in [5, 5.41) is 3.34. The van der Waals surface area contributed by atoms with Gasteiger partial charge in [0.05, 0.1) is 5.56 Å². The van der Waals surface area contributed by atoms with Crippen LogP contribution in [0.3, 0.4) is 0 Å². The van der Waals surface area contributed by atoms with Crippen molar-refractivity contribution in [3.63, 3.8) is 0 Å². The van der Waals surface area contributed by atoms with Crippen molar-refractivity contribution in [3.05, 3.63) is 33.8 Å². The third-order valence-electron chi connectivity index (χ3n) is 3.56. The molecular weight excluding hydrogens is 304 g/mol. The normalized spacial score (nSPS) is 18.6. The molecule has 1 saturated heterocycles. The van der Waals surface area contributed by atoms with E-state index in [4.69, 9.17) is 0 Å². The number of hydrogen-bond acceptors (Lipinski definition) is 2. The molecule has 1 aliphatic rings. The highest BCUT2D eigenvalue weighted by Crippen LogP contribution is 2.22. The number of benzene rings is 1. The lowest BCUT2D eigenvalue weighted by atomic mass is 10.1. The van der Waals surface area contributed by atoms with E-state index in [-0.39, 0.29) is 5.91 Å². The van der Waals surface area contributed by atoms with Gasteiger partial charge >= 0.3 is 0 Å². The van der Waals surface area contributed by atoms with Crippen molar-refractivity contribution in [2.45, 2.75) is 32.7 Å². The Labute approximate surface area is 123 Å². The van der Waals surface area contributed by atoms with Gasteiger partial charge in [-0.2, -0.15) is 0 Å². The maximum atomic E-state index is 12.7. The van der Waals surface area contributed by atoms with Gasteiger partial charge in [-0.3, -0.25) is 4.79 Å². The number of carbonyl (C=O) groups excluding carboxylic acids is 1. The first-order chi connectivity index (χ1) is 9.13. The van der Waals surface area contributed by atoms with Gasteiger partial charge in [-0.05, 0) is 59.9 Å². The number of nitrogens with one attached hydrogen (secondary N) is 1. The average Bonchev–Trinajstić information content (AvgIpc) is 2.89. The SMILES string of the molecule is CCCN(C(=O)c1ccc(C)cc1Br)C1CCNC1. The highest BCUT2D eigenvalue weighted by atomic mass is 79.9. The molecule has 2 rings (SSSR count). The van der Waals surface area contributed by atoms with Crippen LogP contribution in [0.2, 0.25) is 0 Å². The molecule has 0 saturated carbocycles. The molecule has 1 unspecified atom stereocenters. The van der Waals surface area contributed by atoms with E-state index in [1.165, 1.54) is 0 Å². The molecule has 1 aromatic carbocycles. The number of nitrogens with zero attached hydrogens (tertiary/aromatic N) is 1.